The lowest BCUT2D eigenvalue weighted by molar-refractivity contribution is -0.129. The van der Waals surface area contributed by atoms with Crippen molar-refractivity contribution >= 4 is 40.1 Å². The molecule has 0 N–H and O–H groups in total. The van der Waals surface area contributed by atoms with Gasteiger partial charge in [-0.05, 0) is 18.9 Å². The molecule has 9 heteroatoms. The summed E-state index contributed by atoms with van der Waals surface area (Å²) in [5.41, 5.74) is -0.0816. The first kappa shape index (κ1) is 19.7. The third-order valence-electron chi connectivity index (χ3n) is 5.57. The summed E-state index contributed by atoms with van der Waals surface area (Å²) in [6.45, 7) is 3.33. The smallest absolute Gasteiger partial charge is 0.343 e. The van der Waals surface area contributed by atoms with Crippen molar-refractivity contribution < 1.29 is 18.7 Å². The molecule has 1 aromatic carbocycles. The SMILES string of the molecule is COC(=O)c1cn(C2CC2)c2c(Cl)c(N3CCN(C(C)=O)CC3)c(F)cc2c1=O. The Morgan fingerprint density at radius 2 is 1.86 bits per heavy atom. The maximum absolute atomic E-state index is 15.1. The number of rotatable bonds is 3. The molecule has 2 aliphatic rings. The molecule has 1 saturated carbocycles. The number of carbonyl (C=O) groups is 2. The number of piperazine rings is 1. The standard InChI is InChI=1S/C20H21ClFN3O4/c1-11(26)23-5-7-24(8-6-23)18-15(22)9-13-17(16(18)21)25(12-3-4-12)10-14(19(13)27)20(28)29-2/h9-10,12H,3-8H2,1-2H3. The van der Waals surface area contributed by atoms with E-state index in [0.29, 0.717) is 31.7 Å². The van der Waals surface area contributed by atoms with E-state index >= 15 is 4.39 Å². The topological polar surface area (TPSA) is 71.8 Å². The second kappa shape index (κ2) is 7.33. The van der Waals surface area contributed by atoms with E-state index < -0.39 is 17.2 Å². The third kappa shape index (κ3) is 3.35. The summed E-state index contributed by atoms with van der Waals surface area (Å²) in [7, 11) is 1.20. The molecule has 1 amide bonds. The van der Waals surface area contributed by atoms with E-state index in [1.54, 1.807) is 14.4 Å². The molecule has 2 aromatic rings. The Labute approximate surface area is 171 Å². The number of aromatic nitrogens is 1. The predicted molar refractivity (Wildman–Crippen MR) is 107 cm³/mol. The van der Waals surface area contributed by atoms with Gasteiger partial charge in [0.1, 0.15) is 11.4 Å². The minimum absolute atomic E-state index is 0.0207. The largest absolute Gasteiger partial charge is 0.465 e. The first-order chi connectivity index (χ1) is 13.8. The maximum atomic E-state index is 15.1. The van der Waals surface area contributed by atoms with Crippen molar-refractivity contribution in [2.45, 2.75) is 25.8 Å². The lowest BCUT2D eigenvalue weighted by atomic mass is 10.1. The number of esters is 1. The number of nitrogens with zero attached hydrogens (tertiary/aromatic N) is 3. The van der Waals surface area contributed by atoms with E-state index in [1.165, 1.54) is 20.2 Å². The van der Waals surface area contributed by atoms with Gasteiger partial charge in [0.25, 0.3) is 0 Å². The Hall–Kier alpha value is -2.61. The van der Waals surface area contributed by atoms with Gasteiger partial charge in [-0.15, -0.1) is 0 Å². The molecule has 4 rings (SSSR count). The van der Waals surface area contributed by atoms with Crippen LogP contribution in [0.2, 0.25) is 5.02 Å². The molecule has 0 spiro atoms. The van der Waals surface area contributed by atoms with Gasteiger partial charge in [0.05, 0.1) is 28.7 Å². The van der Waals surface area contributed by atoms with E-state index in [1.807, 2.05) is 0 Å². The highest BCUT2D eigenvalue weighted by atomic mass is 35.5. The average molecular weight is 422 g/mol. The molecule has 0 bridgehead atoms. The molecule has 2 heterocycles. The van der Waals surface area contributed by atoms with Crippen LogP contribution in [0.5, 0.6) is 0 Å². The van der Waals surface area contributed by atoms with Crippen molar-refractivity contribution in [2.75, 3.05) is 38.2 Å². The molecule has 29 heavy (non-hydrogen) atoms. The van der Waals surface area contributed by atoms with Gasteiger partial charge in [-0.1, -0.05) is 11.6 Å². The van der Waals surface area contributed by atoms with Crippen LogP contribution >= 0.6 is 11.6 Å². The van der Waals surface area contributed by atoms with Crippen molar-refractivity contribution in [3.05, 3.63) is 38.9 Å². The molecule has 0 radical (unpaired) electrons. The molecule has 1 aromatic heterocycles. The van der Waals surface area contributed by atoms with Gasteiger partial charge in [-0.3, -0.25) is 9.59 Å². The van der Waals surface area contributed by atoms with Crippen LogP contribution < -0.4 is 10.3 Å². The van der Waals surface area contributed by atoms with E-state index in [2.05, 4.69) is 0 Å². The number of fused-ring (bicyclic) bond motifs is 1. The van der Waals surface area contributed by atoms with Gasteiger partial charge in [-0.25, -0.2) is 9.18 Å². The van der Waals surface area contributed by atoms with Crippen molar-refractivity contribution in [3.63, 3.8) is 0 Å². The van der Waals surface area contributed by atoms with Crippen LogP contribution in [0.4, 0.5) is 10.1 Å². The zero-order valence-electron chi connectivity index (χ0n) is 16.2. The zero-order chi connectivity index (χ0) is 20.9. The predicted octanol–water partition coefficient (Wildman–Crippen LogP) is 2.58. The Morgan fingerprint density at radius 3 is 2.41 bits per heavy atom. The van der Waals surface area contributed by atoms with Crippen LogP contribution in [0.25, 0.3) is 10.9 Å². The Balaban J connectivity index is 1.87. The molecule has 1 aliphatic carbocycles. The fraction of sp³-hybridized carbons (Fsp3) is 0.450. The lowest BCUT2D eigenvalue weighted by Crippen LogP contribution is -2.48. The lowest BCUT2D eigenvalue weighted by Gasteiger charge is -2.36. The quantitative estimate of drug-likeness (QED) is 0.712. The Kier molecular flexibility index (Phi) is 4.98. The molecule has 154 valence electrons. The average Bonchev–Trinajstić information content (AvgIpc) is 3.53. The number of hydrogen-bond acceptors (Lipinski definition) is 5. The number of benzene rings is 1. The molecule has 1 saturated heterocycles. The molecule has 2 fully saturated rings. The Morgan fingerprint density at radius 1 is 1.21 bits per heavy atom. The van der Waals surface area contributed by atoms with Crippen molar-refractivity contribution in [1.29, 1.82) is 0 Å². The number of anilines is 1. The molecular weight excluding hydrogens is 401 g/mol. The second-order valence-electron chi connectivity index (χ2n) is 7.41. The minimum atomic E-state index is -0.757. The van der Waals surface area contributed by atoms with Gasteiger partial charge in [0.2, 0.25) is 11.3 Å². The summed E-state index contributed by atoms with van der Waals surface area (Å²) in [4.78, 5) is 39.9. The highest BCUT2D eigenvalue weighted by Gasteiger charge is 2.31. The summed E-state index contributed by atoms with van der Waals surface area (Å²) in [6.07, 6.45) is 3.24. The third-order valence-corrected chi connectivity index (χ3v) is 5.93. The first-order valence-corrected chi connectivity index (χ1v) is 9.87. The van der Waals surface area contributed by atoms with Crippen molar-refractivity contribution in [1.82, 2.24) is 9.47 Å². The summed E-state index contributed by atoms with van der Waals surface area (Å²) in [5.74, 6) is -1.40. The number of carbonyl (C=O) groups excluding carboxylic acids is 2. The van der Waals surface area contributed by atoms with Crippen LogP contribution in [-0.4, -0.2) is 54.6 Å². The van der Waals surface area contributed by atoms with Gasteiger partial charge < -0.3 is 19.1 Å². The molecule has 0 unspecified atom stereocenters. The van der Waals surface area contributed by atoms with E-state index in [0.717, 1.165) is 18.9 Å². The van der Waals surface area contributed by atoms with Crippen molar-refractivity contribution in [3.8, 4) is 0 Å². The molecule has 0 atom stereocenters. The van der Waals surface area contributed by atoms with Gasteiger partial charge in [0.15, 0.2) is 0 Å². The van der Waals surface area contributed by atoms with Crippen LogP contribution in [0, 0.1) is 5.82 Å². The Bertz CT molecular complexity index is 1070. The fourth-order valence-electron chi connectivity index (χ4n) is 3.86. The zero-order valence-corrected chi connectivity index (χ0v) is 17.0. The van der Waals surface area contributed by atoms with Crippen LogP contribution in [0.15, 0.2) is 17.1 Å². The summed E-state index contributed by atoms with van der Waals surface area (Å²) >= 11 is 6.66. The van der Waals surface area contributed by atoms with Crippen LogP contribution in [-0.2, 0) is 9.53 Å². The highest BCUT2D eigenvalue weighted by molar-refractivity contribution is 6.38. The maximum Gasteiger partial charge on any atom is 0.343 e. The molecule has 1 aliphatic heterocycles. The van der Waals surface area contributed by atoms with Crippen LogP contribution in [0.3, 0.4) is 0 Å². The van der Waals surface area contributed by atoms with Gasteiger partial charge >= 0.3 is 5.97 Å². The van der Waals surface area contributed by atoms with E-state index in [4.69, 9.17) is 16.3 Å². The highest BCUT2D eigenvalue weighted by Crippen LogP contribution is 2.42. The number of hydrogen-bond donors (Lipinski definition) is 0. The first-order valence-electron chi connectivity index (χ1n) is 9.49. The number of amides is 1. The summed E-state index contributed by atoms with van der Waals surface area (Å²) < 4.78 is 21.6. The monoisotopic (exact) mass is 421 g/mol. The van der Waals surface area contributed by atoms with Gasteiger partial charge in [-0.2, -0.15) is 0 Å². The normalized spacial score (nSPS) is 17.0. The second-order valence-corrected chi connectivity index (χ2v) is 7.79. The van der Waals surface area contributed by atoms with Crippen LogP contribution in [0.1, 0.15) is 36.2 Å². The number of halogens is 2. The molecular formula is C20H21ClFN3O4. The number of methoxy groups -OCH3 is 1. The van der Waals surface area contributed by atoms with Gasteiger partial charge in [0, 0.05) is 45.3 Å². The summed E-state index contributed by atoms with van der Waals surface area (Å²) in [6, 6.07) is 1.26. The van der Waals surface area contributed by atoms with E-state index in [9.17, 15) is 14.4 Å². The minimum Gasteiger partial charge on any atom is -0.465 e. The fourth-order valence-corrected chi connectivity index (χ4v) is 4.27. The summed E-state index contributed by atoms with van der Waals surface area (Å²) in [5, 5.41) is 0.213. The number of pyridine rings is 1. The number of ether oxygens (including phenoxy) is 1. The van der Waals surface area contributed by atoms with Crippen molar-refractivity contribution in [2.24, 2.45) is 0 Å². The van der Waals surface area contributed by atoms with E-state index in [-0.39, 0.29) is 33.6 Å². The molecule has 7 nitrogen and oxygen atoms in total.